The van der Waals surface area contributed by atoms with Crippen molar-refractivity contribution in [3.63, 3.8) is 0 Å². The predicted octanol–water partition coefficient (Wildman–Crippen LogP) is 9.92. The highest BCUT2D eigenvalue weighted by atomic mass is 16.8. The van der Waals surface area contributed by atoms with Crippen LogP contribution in [-0.2, 0) is 85.1 Å². The summed E-state index contributed by atoms with van der Waals surface area (Å²) < 4.78 is 75.6. The lowest BCUT2D eigenvalue weighted by atomic mass is 9.95. The predicted molar refractivity (Wildman–Crippen MR) is 255 cm³/mol. The van der Waals surface area contributed by atoms with Gasteiger partial charge in [0.1, 0.15) is 48.8 Å². The molecule has 0 aliphatic carbocycles. The highest BCUT2D eigenvalue weighted by Crippen LogP contribution is 2.40. The van der Waals surface area contributed by atoms with Crippen LogP contribution in [0.5, 0.6) is 0 Å². The van der Waals surface area contributed by atoms with Crippen molar-refractivity contribution in [1.29, 1.82) is 0 Å². The van der Waals surface area contributed by atoms with Crippen molar-refractivity contribution in [3.8, 4) is 0 Å². The monoisotopic (exact) mass is 922 g/mol. The molecule has 3 fully saturated rings. The highest BCUT2D eigenvalue weighted by Gasteiger charge is 2.56. The van der Waals surface area contributed by atoms with Gasteiger partial charge in [-0.05, 0) is 34.2 Å². The van der Waals surface area contributed by atoms with Gasteiger partial charge >= 0.3 is 0 Å². The van der Waals surface area contributed by atoms with Crippen LogP contribution in [0, 0.1) is 0 Å². The van der Waals surface area contributed by atoms with Crippen molar-refractivity contribution in [2.75, 3.05) is 19.8 Å². The summed E-state index contributed by atoms with van der Waals surface area (Å²) >= 11 is 0. The van der Waals surface area contributed by atoms with E-state index in [1.54, 1.807) is 0 Å². The maximum atomic E-state index is 7.42. The zero-order chi connectivity index (χ0) is 46.2. The van der Waals surface area contributed by atoms with E-state index in [9.17, 15) is 0 Å². The molecular weight excluding hydrogens is 861 g/mol. The second-order valence-electron chi connectivity index (χ2n) is 17.3. The third-order valence-electron chi connectivity index (χ3n) is 12.3. The van der Waals surface area contributed by atoms with Gasteiger partial charge in [-0.15, -0.1) is 0 Å². The van der Waals surface area contributed by atoms with Gasteiger partial charge in [-0.25, -0.2) is 0 Å². The fourth-order valence-corrected chi connectivity index (χ4v) is 8.80. The average molecular weight is 923 g/mol. The van der Waals surface area contributed by atoms with Crippen LogP contribution in [0.25, 0.3) is 0 Å². The number of hydrogen-bond donors (Lipinski definition) is 0. The molecule has 0 amide bonds. The molecule has 3 saturated heterocycles. The quantitative estimate of drug-likeness (QED) is 0.0651. The van der Waals surface area contributed by atoms with Gasteiger partial charge in [0.15, 0.2) is 18.9 Å². The fraction of sp³-hybridized carbons (Fsp3) is 0.368. The molecule has 3 aliphatic heterocycles. The van der Waals surface area contributed by atoms with Gasteiger partial charge in [0.2, 0.25) is 0 Å². The largest absolute Gasteiger partial charge is 0.374 e. The lowest BCUT2D eigenvalue weighted by Gasteiger charge is -2.51. The number of rotatable bonds is 22. The van der Waals surface area contributed by atoms with Crippen molar-refractivity contribution in [2.24, 2.45) is 0 Å². The van der Waals surface area contributed by atoms with Gasteiger partial charge in [-0.2, -0.15) is 0 Å². The molecule has 0 aromatic heterocycles. The molecule has 0 saturated carbocycles. The molecule has 0 N–H and O–H groups in total. The SMILES string of the molecule is CCCO[C@@H]1OC(COCc2ccccc2)[C@@H](O[C@@H]2OC3COC(c4ccccc4)O[C@@H]3C(OCc3ccccc3)C2OCc2ccccc2)C(OCc2ccccc2)C1OCc1ccccc1. The number of ether oxygens (including phenoxy) is 11. The minimum Gasteiger partial charge on any atom is -0.374 e. The summed E-state index contributed by atoms with van der Waals surface area (Å²) in [6.07, 6.45) is -7.43. The molecule has 6 aromatic carbocycles. The molecule has 11 atom stereocenters. The minimum absolute atomic E-state index is 0.148. The van der Waals surface area contributed by atoms with Crippen LogP contribution >= 0.6 is 0 Å². The van der Waals surface area contributed by atoms with Crippen molar-refractivity contribution >= 4 is 0 Å². The summed E-state index contributed by atoms with van der Waals surface area (Å²) in [4.78, 5) is 0. The second kappa shape index (κ2) is 24.9. The molecule has 0 bridgehead atoms. The molecule has 6 aromatic rings. The van der Waals surface area contributed by atoms with Gasteiger partial charge < -0.3 is 52.1 Å². The Hall–Kier alpha value is -5.12. The van der Waals surface area contributed by atoms with E-state index in [2.05, 4.69) is 6.92 Å². The highest BCUT2D eigenvalue weighted by molar-refractivity contribution is 5.19. The summed E-state index contributed by atoms with van der Waals surface area (Å²) in [5, 5.41) is 0. The normalized spacial score (nSPS) is 27.0. The Morgan fingerprint density at radius 2 is 0.868 bits per heavy atom. The fourth-order valence-electron chi connectivity index (χ4n) is 8.80. The van der Waals surface area contributed by atoms with Crippen molar-refractivity contribution in [1.82, 2.24) is 0 Å². The number of benzene rings is 6. The van der Waals surface area contributed by atoms with Crippen molar-refractivity contribution in [3.05, 3.63) is 215 Å². The van der Waals surface area contributed by atoms with Crippen LogP contribution in [0.4, 0.5) is 0 Å². The second-order valence-corrected chi connectivity index (χ2v) is 17.3. The molecule has 9 rings (SSSR count). The first-order valence-corrected chi connectivity index (χ1v) is 23.8. The minimum atomic E-state index is -1.03. The van der Waals surface area contributed by atoms with Crippen molar-refractivity contribution in [2.45, 2.75) is 114 Å². The molecule has 356 valence electrons. The van der Waals surface area contributed by atoms with Gasteiger partial charge in [-0.1, -0.05) is 189 Å². The zero-order valence-corrected chi connectivity index (χ0v) is 38.5. The third kappa shape index (κ3) is 12.9. The summed E-state index contributed by atoms with van der Waals surface area (Å²) in [7, 11) is 0. The van der Waals surface area contributed by atoms with E-state index in [1.165, 1.54) is 0 Å². The van der Waals surface area contributed by atoms with Gasteiger partial charge in [0, 0.05) is 12.2 Å². The van der Waals surface area contributed by atoms with Crippen LogP contribution in [-0.4, -0.2) is 81.2 Å². The summed E-state index contributed by atoms with van der Waals surface area (Å²) in [6, 6.07) is 60.2. The van der Waals surface area contributed by atoms with Crippen LogP contribution < -0.4 is 0 Å². The van der Waals surface area contributed by atoms with Gasteiger partial charge in [0.05, 0.1) is 46.2 Å². The topological polar surface area (TPSA) is 102 Å². The molecule has 68 heavy (non-hydrogen) atoms. The molecular formula is C57H62O11. The van der Waals surface area contributed by atoms with E-state index in [0.717, 1.165) is 39.8 Å². The van der Waals surface area contributed by atoms with Gasteiger partial charge in [-0.3, -0.25) is 0 Å². The first-order valence-electron chi connectivity index (χ1n) is 23.8. The Kier molecular flexibility index (Phi) is 17.6. The Labute approximate surface area is 400 Å². The zero-order valence-electron chi connectivity index (χ0n) is 38.5. The molecule has 11 nitrogen and oxygen atoms in total. The molecule has 11 heteroatoms. The Balaban J connectivity index is 1.09. The van der Waals surface area contributed by atoms with E-state index in [-0.39, 0.29) is 33.0 Å². The van der Waals surface area contributed by atoms with Crippen molar-refractivity contribution < 1.29 is 52.1 Å². The van der Waals surface area contributed by atoms with E-state index >= 15 is 0 Å². The first-order chi connectivity index (χ1) is 33.7. The lowest BCUT2D eigenvalue weighted by molar-refractivity contribution is -0.397. The first kappa shape index (κ1) is 47.9. The molecule has 3 aliphatic rings. The van der Waals surface area contributed by atoms with E-state index in [1.807, 2.05) is 182 Å². The molecule has 3 heterocycles. The maximum absolute atomic E-state index is 7.42. The lowest BCUT2D eigenvalue weighted by Crippen LogP contribution is -2.67. The average Bonchev–Trinajstić information content (AvgIpc) is 3.40. The van der Waals surface area contributed by atoms with E-state index < -0.39 is 67.7 Å². The van der Waals surface area contributed by atoms with Crippen LogP contribution in [0.3, 0.4) is 0 Å². The summed E-state index contributed by atoms with van der Waals surface area (Å²) in [6.45, 7) is 4.34. The molecule has 0 spiro atoms. The van der Waals surface area contributed by atoms with Crippen LogP contribution in [0.15, 0.2) is 182 Å². The maximum Gasteiger partial charge on any atom is 0.187 e. The standard InChI is InChI=1S/C57H62O11/c1-2-33-59-56-53(62-37-44-27-15-6-16-28-44)51(60-35-42-23-11-4-12-24-42)49(47(65-56)39-58-34-41-21-9-3-10-22-41)68-57-54(63-38-45-29-17-7-18-30-45)52(61-36-43-25-13-5-14-26-43)50-48(66-57)40-64-55(67-50)46-31-19-8-20-32-46/h3-32,47-57H,2,33-40H2,1H3/t47?,48?,49-,50+,51?,52?,53?,54?,55?,56-,57+/m1/s1. The Bertz CT molecular complexity index is 2310. The number of hydrogen-bond acceptors (Lipinski definition) is 11. The van der Waals surface area contributed by atoms with Crippen LogP contribution in [0.2, 0.25) is 0 Å². The Morgan fingerprint density at radius 1 is 0.426 bits per heavy atom. The molecule has 0 radical (unpaired) electrons. The number of fused-ring (bicyclic) bond motifs is 1. The van der Waals surface area contributed by atoms with Crippen LogP contribution in [0.1, 0.15) is 53.0 Å². The van der Waals surface area contributed by atoms with Gasteiger partial charge in [0.25, 0.3) is 0 Å². The van der Waals surface area contributed by atoms with E-state index in [4.69, 9.17) is 52.1 Å². The smallest absolute Gasteiger partial charge is 0.187 e. The molecule has 7 unspecified atom stereocenters. The van der Waals surface area contributed by atoms with E-state index in [0.29, 0.717) is 19.8 Å². The third-order valence-corrected chi connectivity index (χ3v) is 12.3. The Morgan fingerprint density at radius 3 is 1.37 bits per heavy atom. The summed E-state index contributed by atoms with van der Waals surface area (Å²) in [5.41, 5.74) is 5.89. The summed E-state index contributed by atoms with van der Waals surface area (Å²) in [5.74, 6) is 0.